The monoisotopic (exact) mass is 260 g/mol. The molecule has 0 atom stereocenters. The van der Waals surface area contributed by atoms with Crippen molar-refractivity contribution in [1.82, 2.24) is 0 Å². The van der Waals surface area contributed by atoms with Crippen LogP contribution in [-0.2, 0) is 0 Å². The Labute approximate surface area is 112 Å². The Morgan fingerprint density at radius 2 is 1.68 bits per heavy atom. The van der Waals surface area contributed by atoms with Crippen molar-refractivity contribution in [2.45, 2.75) is 20.0 Å². The molecule has 4 heteroatoms. The third-order valence-corrected chi connectivity index (χ3v) is 2.51. The number of anilines is 3. The first kappa shape index (κ1) is 13.2. The van der Waals surface area contributed by atoms with Crippen molar-refractivity contribution in [3.8, 4) is 5.75 Å². The Morgan fingerprint density at radius 3 is 2.32 bits per heavy atom. The molecule has 2 aromatic rings. The van der Waals surface area contributed by atoms with Crippen molar-refractivity contribution >= 4 is 17.1 Å². The standard InChI is InChI=1S/C15H17FN2O/c1-10(2)19-15-9-13(7-8-14(15)17)18-12-5-3-11(16)4-6-12/h3-10,18H,17H2,1-2H3. The highest BCUT2D eigenvalue weighted by Gasteiger charge is 2.05. The summed E-state index contributed by atoms with van der Waals surface area (Å²) in [5.74, 6) is 0.383. The van der Waals surface area contributed by atoms with Crippen molar-refractivity contribution in [3.05, 3.63) is 48.3 Å². The summed E-state index contributed by atoms with van der Waals surface area (Å²) in [7, 11) is 0. The van der Waals surface area contributed by atoms with E-state index in [1.807, 2.05) is 26.0 Å². The minimum absolute atomic E-state index is 0.0587. The molecule has 0 saturated heterocycles. The van der Waals surface area contributed by atoms with Crippen LogP contribution in [0.2, 0.25) is 0 Å². The molecular weight excluding hydrogens is 243 g/mol. The van der Waals surface area contributed by atoms with Gasteiger partial charge in [0.1, 0.15) is 11.6 Å². The van der Waals surface area contributed by atoms with Crippen molar-refractivity contribution < 1.29 is 9.13 Å². The van der Waals surface area contributed by atoms with E-state index in [4.69, 9.17) is 10.5 Å². The van der Waals surface area contributed by atoms with Crippen molar-refractivity contribution in [3.63, 3.8) is 0 Å². The fourth-order valence-electron chi connectivity index (χ4n) is 1.67. The lowest BCUT2D eigenvalue weighted by atomic mass is 10.2. The lowest BCUT2D eigenvalue weighted by molar-refractivity contribution is 0.244. The van der Waals surface area contributed by atoms with Crippen LogP contribution in [0, 0.1) is 5.82 Å². The zero-order valence-electron chi connectivity index (χ0n) is 11.0. The lowest BCUT2D eigenvalue weighted by Crippen LogP contribution is -2.07. The normalized spacial score (nSPS) is 10.5. The quantitative estimate of drug-likeness (QED) is 0.818. The van der Waals surface area contributed by atoms with Crippen LogP contribution in [0.4, 0.5) is 21.5 Å². The molecule has 0 saturated carbocycles. The largest absolute Gasteiger partial charge is 0.489 e. The molecule has 0 amide bonds. The van der Waals surface area contributed by atoms with E-state index in [9.17, 15) is 4.39 Å². The Morgan fingerprint density at radius 1 is 1.05 bits per heavy atom. The van der Waals surface area contributed by atoms with Gasteiger partial charge in [-0.2, -0.15) is 0 Å². The van der Waals surface area contributed by atoms with E-state index in [1.165, 1.54) is 12.1 Å². The fraction of sp³-hybridized carbons (Fsp3) is 0.200. The summed E-state index contributed by atoms with van der Waals surface area (Å²) in [5.41, 5.74) is 8.10. The molecule has 0 spiro atoms. The fourth-order valence-corrected chi connectivity index (χ4v) is 1.67. The van der Waals surface area contributed by atoms with E-state index in [-0.39, 0.29) is 11.9 Å². The second-order valence-electron chi connectivity index (χ2n) is 4.55. The van der Waals surface area contributed by atoms with Gasteiger partial charge in [-0.05, 0) is 50.2 Å². The third-order valence-electron chi connectivity index (χ3n) is 2.51. The van der Waals surface area contributed by atoms with Crippen LogP contribution in [0.25, 0.3) is 0 Å². The molecule has 2 aromatic carbocycles. The number of nitrogen functional groups attached to an aromatic ring is 1. The molecule has 2 rings (SSSR count). The van der Waals surface area contributed by atoms with Gasteiger partial charge >= 0.3 is 0 Å². The predicted octanol–water partition coefficient (Wildman–Crippen LogP) is 3.94. The predicted molar refractivity (Wildman–Crippen MR) is 76.3 cm³/mol. The molecule has 0 bridgehead atoms. The average Bonchev–Trinajstić information content (AvgIpc) is 2.36. The summed E-state index contributed by atoms with van der Waals surface area (Å²) in [6, 6.07) is 11.6. The van der Waals surface area contributed by atoms with Crippen LogP contribution in [0.3, 0.4) is 0 Å². The molecule has 0 aliphatic rings. The SMILES string of the molecule is CC(C)Oc1cc(Nc2ccc(F)cc2)ccc1N. The number of benzene rings is 2. The van der Waals surface area contributed by atoms with Crippen LogP contribution in [0.5, 0.6) is 5.75 Å². The smallest absolute Gasteiger partial charge is 0.144 e. The van der Waals surface area contributed by atoms with E-state index >= 15 is 0 Å². The van der Waals surface area contributed by atoms with Gasteiger partial charge < -0.3 is 15.8 Å². The Kier molecular flexibility index (Phi) is 3.90. The molecule has 0 aliphatic heterocycles. The number of hydrogen-bond donors (Lipinski definition) is 2. The third kappa shape index (κ3) is 3.61. The zero-order chi connectivity index (χ0) is 13.8. The molecule has 0 radical (unpaired) electrons. The molecule has 0 heterocycles. The van der Waals surface area contributed by atoms with Crippen LogP contribution in [-0.4, -0.2) is 6.10 Å². The lowest BCUT2D eigenvalue weighted by Gasteiger charge is -2.14. The van der Waals surface area contributed by atoms with Crippen molar-refractivity contribution in [2.24, 2.45) is 0 Å². The van der Waals surface area contributed by atoms with E-state index in [0.717, 1.165) is 11.4 Å². The summed E-state index contributed by atoms with van der Waals surface area (Å²) in [5, 5.41) is 3.17. The highest BCUT2D eigenvalue weighted by molar-refractivity contribution is 5.66. The van der Waals surface area contributed by atoms with Crippen LogP contribution in [0.1, 0.15) is 13.8 Å². The second kappa shape index (κ2) is 5.61. The van der Waals surface area contributed by atoms with Gasteiger partial charge in [-0.3, -0.25) is 0 Å². The molecule has 3 nitrogen and oxygen atoms in total. The summed E-state index contributed by atoms with van der Waals surface area (Å²) in [6.07, 6.45) is 0.0587. The van der Waals surface area contributed by atoms with Gasteiger partial charge in [-0.25, -0.2) is 4.39 Å². The Balaban J connectivity index is 2.18. The minimum Gasteiger partial charge on any atom is -0.489 e. The maximum absolute atomic E-state index is 12.8. The van der Waals surface area contributed by atoms with Gasteiger partial charge in [0.15, 0.2) is 0 Å². The summed E-state index contributed by atoms with van der Waals surface area (Å²) < 4.78 is 18.4. The Hall–Kier alpha value is -2.23. The number of ether oxygens (including phenoxy) is 1. The van der Waals surface area contributed by atoms with E-state index in [2.05, 4.69) is 5.32 Å². The van der Waals surface area contributed by atoms with Crippen molar-refractivity contribution in [2.75, 3.05) is 11.1 Å². The number of hydrogen-bond acceptors (Lipinski definition) is 3. The van der Waals surface area contributed by atoms with Gasteiger partial charge in [-0.15, -0.1) is 0 Å². The van der Waals surface area contributed by atoms with Crippen LogP contribution in [0.15, 0.2) is 42.5 Å². The maximum atomic E-state index is 12.8. The van der Waals surface area contributed by atoms with Gasteiger partial charge in [-0.1, -0.05) is 0 Å². The summed E-state index contributed by atoms with van der Waals surface area (Å²) in [6.45, 7) is 3.89. The highest BCUT2D eigenvalue weighted by atomic mass is 19.1. The zero-order valence-corrected chi connectivity index (χ0v) is 11.0. The molecular formula is C15H17FN2O. The first-order chi connectivity index (χ1) is 9.04. The number of halogens is 1. The number of nitrogens with two attached hydrogens (primary N) is 1. The molecule has 19 heavy (non-hydrogen) atoms. The Bertz CT molecular complexity index is 553. The first-order valence-corrected chi connectivity index (χ1v) is 6.13. The molecule has 0 unspecified atom stereocenters. The van der Waals surface area contributed by atoms with Crippen LogP contribution < -0.4 is 15.8 Å². The molecule has 0 fully saturated rings. The summed E-state index contributed by atoms with van der Waals surface area (Å²) in [4.78, 5) is 0. The minimum atomic E-state index is -0.258. The van der Waals surface area contributed by atoms with E-state index in [1.54, 1.807) is 18.2 Å². The van der Waals surface area contributed by atoms with Gasteiger partial charge in [0.25, 0.3) is 0 Å². The number of rotatable bonds is 4. The van der Waals surface area contributed by atoms with Crippen LogP contribution >= 0.6 is 0 Å². The second-order valence-corrected chi connectivity index (χ2v) is 4.55. The van der Waals surface area contributed by atoms with E-state index < -0.39 is 0 Å². The summed E-state index contributed by atoms with van der Waals surface area (Å²) >= 11 is 0. The molecule has 0 aromatic heterocycles. The molecule has 100 valence electrons. The van der Waals surface area contributed by atoms with E-state index in [0.29, 0.717) is 11.4 Å². The molecule has 0 aliphatic carbocycles. The van der Waals surface area contributed by atoms with Crippen molar-refractivity contribution in [1.29, 1.82) is 0 Å². The van der Waals surface area contributed by atoms with Gasteiger partial charge in [0.2, 0.25) is 0 Å². The maximum Gasteiger partial charge on any atom is 0.144 e. The average molecular weight is 260 g/mol. The number of nitrogens with one attached hydrogen (secondary N) is 1. The first-order valence-electron chi connectivity index (χ1n) is 6.13. The highest BCUT2D eigenvalue weighted by Crippen LogP contribution is 2.28. The molecule has 3 N–H and O–H groups in total. The topological polar surface area (TPSA) is 47.3 Å². The van der Waals surface area contributed by atoms with Gasteiger partial charge in [0, 0.05) is 17.4 Å². The van der Waals surface area contributed by atoms with Gasteiger partial charge in [0.05, 0.1) is 11.8 Å².